The normalized spacial score (nSPS) is 12.8. The quantitative estimate of drug-likeness (QED) is 0.723. The Labute approximate surface area is 125 Å². The molecule has 0 bridgehead atoms. The third-order valence-corrected chi connectivity index (χ3v) is 4.95. The van der Waals surface area contributed by atoms with Crippen molar-refractivity contribution in [1.82, 2.24) is 9.97 Å². The Morgan fingerprint density at radius 1 is 1.20 bits per heavy atom. The number of nitrogens with zero attached hydrogens (tertiary/aromatic N) is 2. The fourth-order valence-corrected chi connectivity index (χ4v) is 3.47. The predicted molar refractivity (Wildman–Crippen MR) is 88.7 cm³/mol. The molecule has 1 N–H and O–H groups in total. The molecule has 0 fully saturated rings. The summed E-state index contributed by atoms with van der Waals surface area (Å²) in [5.41, 5.74) is 1.31. The summed E-state index contributed by atoms with van der Waals surface area (Å²) in [6.45, 7) is 8.81. The van der Waals surface area contributed by atoms with Crippen LogP contribution in [0.1, 0.15) is 56.4 Å². The molecule has 2 rings (SSSR count). The minimum absolute atomic E-state index is 0.463. The van der Waals surface area contributed by atoms with Crippen LogP contribution in [0.15, 0.2) is 6.33 Å². The number of aromatic nitrogens is 2. The number of aryl methyl sites for hydroxylation is 2. The molecule has 2 aromatic rings. The van der Waals surface area contributed by atoms with Gasteiger partial charge in [0.15, 0.2) is 0 Å². The van der Waals surface area contributed by atoms with E-state index in [1.807, 2.05) is 0 Å². The van der Waals surface area contributed by atoms with Gasteiger partial charge >= 0.3 is 0 Å². The molecule has 2 heterocycles. The third kappa shape index (κ3) is 3.48. The van der Waals surface area contributed by atoms with E-state index in [-0.39, 0.29) is 0 Å². The molecule has 0 radical (unpaired) electrons. The summed E-state index contributed by atoms with van der Waals surface area (Å²) >= 11 is 1.75. The summed E-state index contributed by atoms with van der Waals surface area (Å²) in [6.07, 6.45) is 8.13. The standard InChI is InChI=1S/C16H25N3S/c1-5-6-7-8-9-11(2)19-15-14-12(3)13(4)20-16(14)18-10-17-15/h10-11H,5-9H2,1-4H3,(H,17,18,19). The van der Waals surface area contributed by atoms with E-state index in [0.29, 0.717) is 6.04 Å². The molecule has 110 valence electrons. The first-order chi connectivity index (χ1) is 9.63. The average molecular weight is 291 g/mol. The number of thiophene rings is 1. The van der Waals surface area contributed by atoms with Crippen molar-refractivity contribution in [2.24, 2.45) is 0 Å². The van der Waals surface area contributed by atoms with Crippen molar-refractivity contribution in [1.29, 1.82) is 0 Å². The molecule has 3 nitrogen and oxygen atoms in total. The van der Waals surface area contributed by atoms with Crippen LogP contribution in [0, 0.1) is 13.8 Å². The zero-order valence-corrected chi connectivity index (χ0v) is 13.8. The Kier molecular flexibility index (Phi) is 5.35. The largest absolute Gasteiger partial charge is 0.367 e. The monoisotopic (exact) mass is 291 g/mol. The number of rotatable bonds is 7. The fraction of sp³-hybridized carbons (Fsp3) is 0.625. The first-order valence-electron chi connectivity index (χ1n) is 7.60. The maximum Gasteiger partial charge on any atom is 0.138 e. The van der Waals surface area contributed by atoms with Gasteiger partial charge < -0.3 is 5.32 Å². The Bertz CT molecular complexity index is 562. The van der Waals surface area contributed by atoms with Crippen LogP contribution in [-0.2, 0) is 0 Å². The number of unbranched alkanes of at least 4 members (excludes halogenated alkanes) is 3. The number of anilines is 1. The smallest absolute Gasteiger partial charge is 0.138 e. The van der Waals surface area contributed by atoms with Crippen LogP contribution >= 0.6 is 11.3 Å². The summed E-state index contributed by atoms with van der Waals surface area (Å²) < 4.78 is 0. The molecule has 0 aromatic carbocycles. The van der Waals surface area contributed by atoms with Crippen LogP contribution in [0.5, 0.6) is 0 Å². The lowest BCUT2D eigenvalue weighted by atomic mass is 10.1. The van der Waals surface area contributed by atoms with E-state index in [1.54, 1.807) is 17.7 Å². The van der Waals surface area contributed by atoms with E-state index < -0.39 is 0 Å². The van der Waals surface area contributed by atoms with Crippen molar-refractivity contribution in [3.63, 3.8) is 0 Å². The minimum atomic E-state index is 0.463. The average Bonchev–Trinajstić information content (AvgIpc) is 2.71. The molecule has 1 unspecified atom stereocenters. The predicted octanol–water partition coefficient (Wildman–Crippen LogP) is 5.08. The maximum absolute atomic E-state index is 4.45. The van der Waals surface area contributed by atoms with Crippen molar-refractivity contribution < 1.29 is 0 Å². The molecular formula is C16H25N3S. The Balaban J connectivity index is 2.05. The highest BCUT2D eigenvalue weighted by Gasteiger charge is 2.13. The first-order valence-corrected chi connectivity index (χ1v) is 8.42. The van der Waals surface area contributed by atoms with Gasteiger partial charge in [-0.2, -0.15) is 0 Å². The van der Waals surface area contributed by atoms with Gasteiger partial charge in [0.25, 0.3) is 0 Å². The molecule has 0 aliphatic rings. The molecule has 0 saturated carbocycles. The van der Waals surface area contributed by atoms with Crippen molar-refractivity contribution in [2.45, 2.75) is 65.8 Å². The highest BCUT2D eigenvalue weighted by molar-refractivity contribution is 7.18. The van der Waals surface area contributed by atoms with Gasteiger partial charge in [0.2, 0.25) is 0 Å². The zero-order chi connectivity index (χ0) is 14.5. The van der Waals surface area contributed by atoms with Gasteiger partial charge in [0.05, 0.1) is 5.39 Å². The van der Waals surface area contributed by atoms with E-state index in [0.717, 1.165) is 10.6 Å². The van der Waals surface area contributed by atoms with Crippen LogP contribution in [0.25, 0.3) is 10.2 Å². The molecule has 20 heavy (non-hydrogen) atoms. The zero-order valence-electron chi connectivity index (χ0n) is 13.0. The van der Waals surface area contributed by atoms with Gasteiger partial charge in [-0.25, -0.2) is 9.97 Å². The third-order valence-electron chi connectivity index (χ3n) is 3.84. The maximum atomic E-state index is 4.45. The lowest BCUT2D eigenvalue weighted by Gasteiger charge is -2.15. The molecule has 2 aromatic heterocycles. The lowest BCUT2D eigenvalue weighted by Crippen LogP contribution is -2.16. The van der Waals surface area contributed by atoms with E-state index in [2.05, 4.69) is 43.0 Å². The SMILES string of the molecule is CCCCCCC(C)Nc1ncnc2sc(C)c(C)c12. The summed E-state index contributed by atoms with van der Waals surface area (Å²) in [6, 6.07) is 0.463. The molecule has 1 atom stereocenters. The van der Waals surface area contributed by atoms with Crippen LogP contribution in [0.4, 0.5) is 5.82 Å². The summed E-state index contributed by atoms with van der Waals surface area (Å²) in [5.74, 6) is 1.000. The molecular weight excluding hydrogens is 266 g/mol. The van der Waals surface area contributed by atoms with Gasteiger partial charge in [-0.1, -0.05) is 32.6 Å². The molecule has 0 saturated heterocycles. The van der Waals surface area contributed by atoms with Gasteiger partial charge in [-0.15, -0.1) is 11.3 Å². The van der Waals surface area contributed by atoms with Gasteiger partial charge in [-0.05, 0) is 32.8 Å². The number of nitrogens with one attached hydrogen (secondary N) is 1. The van der Waals surface area contributed by atoms with Crippen LogP contribution in [0.3, 0.4) is 0 Å². The molecule has 0 spiro atoms. The van der Waals surface area contributed by atoms with Crippen molar-refractivity contribution in [3.05, 3.63) is 16.8 Å². The van der Waals surface area contributed by atoms with Gasteiger partial charge in [0, 0.05) is 10.9 Å². The Morgan fingerprint density at radius 3 is 2.75 bits per heavy atom. The second-order valence-corrected chi connectivity index (χ2v) is 6.78. The van der Waals surface area contributed by atoms with Crippen molar-refractivity contribution in [2.75, 3.05) is 5.32 Å². The number of fused-ring (bicyclic) bond motifs is 1. The van der Waals surface area contributed by atoms with Crippen LogP contribution in [0.2, 0.25) is 0 Å². The molecule has 0 aliphatic carbocycles. The number of hydrogen-bond acceptors (Lipinski definition) is 4. The van der Waals surface area contributed by atoms with Crippen molar-refractivity contribution >= 4 is 27.4 Å². The van der Waals surface area contributed by atoms with Crippen LogP contribution < -0.4 is 5.32 Å². The first kappa shape index (κ1) is 15.2. The second kappa shape index (κ2) is 7.02. The van der Waals surface area contributed by atoms with E-state index in [1.165, 1.54) is 47.9 Å². The van der Waals surface area contributed by atoms with Gasteiger partial charge in [0.1, 0.15) is 17.0 Å². The van der Waals surface area contributed by atoms with Crippen molar-refractivity contribution in [3.8, 4) is 0 Å². The summed E-state index contributed by atoms with van der Waals surface area (Å²) in [7, 11) is 0. The molecule has 0 aliphatic heterocycles. The highest BCUT2D eigenvalue weighted by atomic mass is 32.1. The van der Waals surface area contributed by atoms with Crippen LogP contribution in [-0.4, -0.2) is 16.0 Å². The van der Waals surface area contributed by atoms with E-state index in [9.17, 15) is 0 Å². The minimum Gasteiger partial charge on any atom is -0.367 e. The fourth-order valence-electron chi connectivity index (χ4n) is 2.47. The van der Waals surface area contributed by atoms with Gasteiger partial charge in [-0.3, -0.25) is 0 Å². The lowest BCUT2D eigenvalue weighted by molar-refractivity contribution is 0.593. The summed E-state index contributed by atoms with van der Waals surface area (Å²) in [5, 5.41) is 4.78. The Morgan fingerprint density at radius 2 is 2.00 bits per heavy atom. The molecule has 4 heteroatoms. The Hall–Kier alpha value is -1.16. The highest BCUT2D eigenvalue weighted by Crippen LogP contribution is 2.32. The number of hydrogen-bond donors (Lipinski definition) is 1. The second-order valence-electron chi connectivity index (χ2n) is 5.58. The molecule has 0 amide bonds. The topological polar surface area (TPSA) is 37.8 Å². The van der Waals surface area contributed by atoms with E-state index >= 15 is 0 Å². The summed E-state index contributed by atoms with van der Waals surface area (Å²) in [4.78, 5) is 11.3. The van der Waals surface area contributed by atoms with E-state index in [4.69, 9.17) is 0 Å².